The van der Waals surface area contributed by atoms with Crippen molar-refractivity contribution in [3.8, 4) is 11.8 Å². The van der Waals surface area contributed by atoms with Gasteiger partial charge in [0.2, 0.25) is 0 Å². The lowest BCUT2D eigenvalue weighted by Crippen LogP contribution is -2.20. The fourth-order valence-electron chi connectivity index (χ4n) is 2.60. The second-order valence-electron chi connectivity index (χ2n) is 5.20. The molecule has 0 bridgehead atoms. The Kier molecular flexibility index (Phi) is 4.11. The van der Waals surface area contributed by atoms with Gasteiger partial charge in [0, 0.05) is 11.6 Å². The Bertz CT molecular complexity index is 951. The van der Waals surface area contributed by atoms with Crippen LogP contribution in [0.15, 0.2) is 59.5 Å². The number of benzene rings is 2. The first-order valence-corrected chi connectivity index (χ1v) is 7.47. The molecule has 0 aliphatic carbocycles. The van der Waals surface area contributed by atoms with E-state index in [4.69, 9.17) is 10.00 Å². The summed E-state index contributed by atoms with van der Waals surface area (Å²) in [6, 6.07) is 16.8. The fraction of sp³-hybridized carbons (Fsp3) is 0.158. The van der Waals surface area contributed by atoms with Gasteiger partial charge >= 0.3 is 0 Å². The summed E-state index contributed by atoms with van der Waals surface area (Å²) in [6.07, 6.45) is 1.76. The molecule has 0 radical (unpaired) electrons. The van der Waals surface area contributed by atoms with Crippen molar-refractivity contribution >= 4 is 10.8 Å². The van der Waals surface area contributed by atoms with Crippen molar-refractivity contribution in [1.82, 2.24) is 4.57 Å². The molecule has 23 heavy (non-hydrogen) atoms. The van der Waals surface area contributed by atoms with Gasteiger partial charge < -0.3 is 9.30 Å². The summed E-state index contributed by atoms with van der Waals surface area (Å²) in [7, 11) is 0. The highest BCUT2D eigenvalue weighted by Crippen LogP contribution is 2.18. The SMILES string of the molecule is CCOc1ccc2c(=O)n(Cc3ccccc3C#N)ccc2c1. The van der Waals surface area contributed by atoms with Crippen LogP contribution >= 0.6 is 0 Å². The van der Waals surface area contributed by atoms with Crippen molar-refractivity contribution in [3.05, 3.63) is 76.2 Å². The molecule has 3 rings (SSSR count). The average molecular weight is 304 g/mol. The van der Waals surface area contributed by atoms with Gasteiger partial charge in [0.15, 0.2) is 0 Å². The molecule has 0 saturated heterocycles. The van der Waals surface area contributed by atoms with Gasteiger partial charge in [-0.25, -0.2) is 0 Å². The molecule has 1 aromatic heterocycles. The highest BCUT2D eigenvalue weighted by molar-refractivity contribution is 5.82. The van der Waals surface area contributed by atoms with Gasteiger partial charge in [-0.05, 0) is 48.2 Å². The first-order chi connectivity index (χ1) is 11.2. The molecule has 0 aliphatic rings. The van der Waals surface area contributed by atoms with E-state index < -0.39 is 0 Å². The molecule has 1 heterocycles. The van der Waals surface area contributed by atoms with Gasteiger partial charge in [-0.2, -0.15) is 5.26 Å². The fourth-order valence-corrected chi connectivity index (χ4v) is 2.60. The van der Waals surface area contributed by atoms with Gasteiger partial charge in [0.1, 0.15) is 5.75 Å². The third-order valence-corrected chi connectivity index (χ3v) is 3.74. The highest BCUT2D eigenvalue weighted by atomic mass is 16.5. The standard InChI is InChI=1S/C19H16N2O2/c1-2-23-17-7-8-18-14(11-17)9-10-21(19(18)22)13-16-6-4-3-5-15(16)12-20/h3-11H,2,13H2,1H3. The molecule has 114 valence electrons. The van der Waals surface area contributed by atoms with Crippen LogP contribution in [0.4, 0.5) is 0 Å². The molecule has 0 atom stereocenters. The summed E-state index contributed by atoms with van der Waals surface area (Å²) in [5, 5.41) is 10.7. The van der Waals surface area contributed by atoms with Crippen LogP contribution < -0.4 is 10.3 Å². The average Bonchev–Trinajstić information content (AvgIpc) is 2.58. The maximum Gasteiger partial charge on any atom is 0.258 e. The Labute approximate surface area is 134 Å². The predicted octanol–water partition coefficient (Wildman–Crippen LogP) is 3.32. The Hall–Kier alpha value is -3.06. The van der Waals surface area contributed by atoms with Crippen LogP contribution in [0.25, 0.3) is 10.8 Å². The van der Waals surface area contributed by atoms with Crippen molar-refractivity contribution in [3.63, 3.8) is 0 Å². The Morgan fingerprint density at radius 3 is 2.78 bits per heavy atom. The van der Waals surface area contributed by atoms with E-state index >= 15 is 0 Å². The van der Waals surface area contributed by atoms with E-state index in [1.807, 2.05) is 37.3 Å². The number of ether oxygens (including phenoxy) is 1. The van der Waals surface area contributed by atoms with Crippen molar-refractivity contribution in [2.75, 3.05) is 6.61 Å². The largest absolute Gasteiger partial charge is 0.494 e. The molecular weight excluding hydrogens is 288 g/mol. The summed E-state index contributed by atoms with van der Waals surface area (Å²) in [4.78, 5) is 12.6. The summed E-state index contributed by atoms with van der Waals surface area (Å²) in [5.74, 6) is 0.756. The molecule has 0 saturated carbocycles. The van der Waals surface area contributed by atoms with Crippen molar-refractivity contribution < 1.29 is 4.74 Å². The molecule has 0 aliphatic heterocycles. The zero-order valence-electron chi connectivity index (χ0n) is 12.8. The van der Waals surface area contributed by atoms with E-state index in [1.54, 1.807) is 29.0 Å². The minimum Gasteiger partial charge on any atom is -0.494 e. The van der Waals surface area contributed by atoms with Crippen LogP contribution in [0.5, 0.6) is 5.75 Å². The number of fused-ring (bicyclic) bond motifs is 1. The van der Waals surface area contributed by atoms with Gasteiger partial charge in [-0.15, -0.1) is 0 Å². The number of hydrogen-bond donors (Lipinski definition) is 0. The second kappa shape index (κ2) is 6.37. The van der Waals surface area contributed by atoms with E-state index in [0.29, 0.717) is 24.1 Å². The third-order valence-electron chi connectivity index (χ3n) is 3.74. The number of pyridine rings is 1. The summed E-state index contributed by atoms with van der Waals surface area (Å²) < 4.78 is 7.09. The van der Waals surface area contributed by atoms with Crippen LogP contribution in [0.3, 0.4) is 0 Å². The maximum absolute atomic E-state index is 12.6. The lowest BCUT2D eigenvalue weighted by atomic mass is 10.1. The zero-order chi connectivity index (χ0) is 16.2. The molecule has 4 heteroatoms. The predicted molar refractivity (Wildman–Crippen MR) is 89.6 cm³/mol. The number of aromatic nitrogens is 1. The summed E-state index contributed by atoms with van der Waals surface area (Å²) in [5.41, 5.74) is 1.35. The van der Waals surface area contributed by atoms with Crippen LogP contribution in [0.1, 0.15) is 18.1 Å². The van der Waals surface area contributed by atoms with Crippen molar-refractivity contribution in [2.45, 2.75) is 13.5 Å². The number of nitriles is 1. The lowest BCUT2D eigenvalue weighted by molar-refractivity contribution is 0.340. The summed E-state index contributed by atoms with van der Waals surface area (Å²) in [6.45, 7) is 2.90. The van der Waals surface area contributed by atoms with Crippen LogP contribution in [-0.2, 0) is 6.54 Å². The number of rotatable bonds is 4. The van der Waals surface area contributed by atoms with Crippen LogP contribution in [0, 0.1) is 11.3 Å². The first kappa shape index (κ1) is 14.9. The van der Waals surface area contributed by atoms with Crippen LogP contribution in [-0.4, -0.2) is 11.2 Å². The quantitative estimate of drug-likeness (QED) is 0.743. The lowest BCUT2D eigenvalue weighted by Gasteiger charge is -2.10. The van der Waals surface area contributed by atoms with Gasteiger partial charge in [-0.3, -0.25) is 4.79 Å². The minimum absolute atomic E-state index is 0.0710. The molecule has 0 unspecified atom stereocenters. The number of nitrogens with zero attached hydrogens (tertiary/aromatic N) is 2. The van der Waals surface area contributed by atoms with E-state index in [9.17, 15) is 4.79 Å². The molecule has 0 spiro atoms. The minimum atomic E-state index is -0.0710. The topological polar surface area (TPSA) is 55.0 Å². The Morgan fingerprint density at radius 1 is 1.17 bits per heavy atom. The van der Waals surface area contributed by atoms with E-state index in [1.165, 1.54) is 0 Å². The smallest absolute Gasteiger partial charge is 0.258 e. The Balaban J connectivity index is 2.03. The van der Waals surface area contributed by atoms with Crippen molar-refractivity contribution in [2.24, 2.45) is 0 Å². The summed E-state index contributed by atoms with van der Waals surface area (Å²) >= 11 is 0. The molecule has 2 aromatic carbocycles. The van der Waals surface area contributed by atoms with Gasteiger partial charge in [0.05, 0.1) is 24.8 Å². The number of hydrogen-bond acceptors (Lipinski definition) is 3. The van der Waals surface area contributed by atoms with Crippen molar-refractivity contribution in [1.29, 1.82) is 5.26 Å². The normalized spacial score (nSPS) is 10.4. The second-order valence-corrected chi connectivity index (χ2v) is 5.20. The monoisotopic (exact) mass is 304 g/mol. The zero-order valence-corrected chi connectivity index (χ0v) is 12.8. The molecule has 4 nitrogen and oxygen atoms in total. The Morgan fingerprint density at radius 2 is 2.00 bits per heavy atom. The highest BCUT2D eigenvalue weighted by Gasteiger charge is 2.07. The molecule has 3 aromatic rings. The molecular formula is C19H16N2O2. The van der Waals surface area contributed by atoms with Gasteiger partial charge in [-0.1, -0.05) is 18.2 Å². The van der Waals surface area contributed by atoms with E-state index in [2.05, 4.69) is 6.07 Å². The van der Waals surface area contributed by atoms with Gasteiger partial charge in [0.25, 0.3) is 5.56 Å². The van der Waals surface area contributed by atoms with E-state index in [-0.39, 0.29) is 5.56 Å². The molecule has 0 N–H and O–H groups in total. The molecule has 0 fully saturated rings. The first-order valence-electron chi connectivity index (χ1n) is 7.47. The maximum atomic E-state index is 12.6. The molecule has 0 amide bonds. The van der Waals surface area contributed by atoms with Crippen LogP contribution in [0.2, 0.25) is 0 Å². The van der Waals surface area contributed by atoms with E-state index in [0.717, 1.165) is 16.7 Å². The third kappa shape index (κ3) is 2.95.